The molecule has 1 aromatic carbocycles. The van der Waals surface area contributed by atoms with Crippen LogP contribution < -0.4 is 16.0 Å². The SMILES string of the molecule is CN/C(=N\C#N)N1CCN(C2CCC[C@@H](NC(=O)C3Cc4c(F)ccc(C)c4N3)C2)CC1. The third-order valence-electron chi connectivity index (χ3n) is 7.01. The monoisotopic (exact) mass is 441 g/mol. The lowest BCUT2D eigenvalue weighted by atomic mass is 9.89. The number of halogens is 1. The normalized spacial score (nSPS) is 26.1. The Hall–Kier alpha value is -2.86. The van der Waals surface area contributed by atoms with Crippen LogP contribution in [0.5, 0.6) is 0 Å². The molecule has 2 fully saturated rings. The van der Waals surface area contributed by atoms with Crippen LogP contribution in [0.1, 0.15) is 36.8 Å². The lowest BCUT2D eigenvalue weighted by Gasteiger charge is -2.43. The fourth-order valence-corrected chi connectivity index (χ4v) is 5.29. The summed E-state index contributed by atoms with van der Waals surface area (Å²) < 4.78 is 14.2. The number of nitrogens with one attached hydrogen (secondary N) is 3. The van der Waals surface area contributed by atoms with E-state index in [-0.39, 0.29) is 17.8 Å². The van der Waals surface area contributed by atoms with Gasteiger partial charge in [-0.3, -0.25) is 9.69 Å². The minimum atomic E-state index is -0.413. The summed E-state index contributed by atoms with van der Waals surface area (Å²) in [5, 5.41) is 18.3. The summed E-state index contributed by atoms with van der Waals surface area (Å²) in [6, 6.07) is 3.40. The number of benzene rings is 1. The standard InChI is InChI=1S/C23H32FN7O/c1-15-6-7-19(24)18-13-20(29-21(15)18)22(32)28-16-4-3-5-17(12-16)30-8-10-31(11-9-30)23(26-2)27-14-25/h6-7,16-17,20,29H,3-5,8-13H2,1-2H3,(H,26,27)(H,28,32)/t16-,17?,20?/m1/s1. The Bertz CT molecular complexity index is 889. The van der Waals surface area contributed by atoms with Crippen LogP contribution in [0, 0.1) is 24.2 Å². The Morgan fingerprint density at radius 3 is 2.75 bits per heavy atom. The van der Waals surface area contributed by atoms with E-state index >= 15 is 0 Å². The van der Waals surface area contributed by atoms with Crippen molar-refractivity contribution in [3.8, 4) is 6.19 Å². The number of amides is 1. The highest BCUT2D eigenvalue weighted by Crippen LogP contribution is 2.32. The van der Waals surface area contributed by atoms with Gasteiger partial charge in [-0.25, -0.2) is 4.39 Å². The maximum Gasteiger partial charge on any atom is 0.243 e. The first kappa shape index (κ1) is 22.3. The third kappa shape index (κ3) is 4.65. The van der Waals surface area contributed by atoms with Crippen molar-refractivity contribution in [2.24, 2.45) is 4.99 Å². The molecule has 0 aromatic heterocycles. The van der Waals surface area contributed by atoms with Gasteiger partial charge in [0.2, 0.25) is 18.1 Å². The number of aliphatic imine (C=N–C) groups is 1. The zero-order chi connectivity index (χ0) is 22.7. The van der Waals surface area contributed by atoms with E-state index in [9.17, 15) is 9.18 Å². The molecule has 2 aliphatic heterocycles. The largest absolute Gasteiger partial charge is 0.373 e. The molecule has 0 spiro atoms. The number of carbonyl (C=O) groups is 1. The predicted octanol–water partition coefficient (Wildman–Crippen LogP) is 1.57. The Balaban J connectivity index is 1.29. The fraction of sp³-hybridized carbons (Fsp3) is 0.609. The molecule has 1 amide bonds. The van der Waals surface area contributed by atoms with Gasteiger partial charge in [-0.05, 0) is 44.2 Å². The molecule has 2 unspecified atom stereocenters. The second kappa shape index (κ2) is 9.74. The number of nitriles is 1. The highest BCUT2D eigenvalue weighted by molar-refractivity contribution is 5.88. The maximum absolute atomic E-state index is 14.2. The number of guanidine groups is 1. The van der Waals surface area contributed by atoms with E-state index in [4.69, 9.17) is 5.26 Å². The Kier molecular flexibility index (Phi) is 6.80. The Labute approximate surface area is 188 Å². The second-order valence-electron chi connectivity index (χ2n) is 8.95. The Morgan fingerprint density at radius 1 is 1.28 bits per heavy atom. The minimum absolute atomic E-state index is 0.0400. The number of nitrogens with zero attached hydrogens (tertiary/aromatic N) is 4. The molecule has 2 heterocycles. The minimum Gasteiger partial charge on any atom is -0.373 e. The summed E-state index contributed by atoms with van der Waals surface area (Å²) in [5.74, 6) is 0.339. The molecule has 3 aliphatic rings. The molecule has 3 N–H and O–H groups in total. The molecule has 172 valence electrons. The van der Waals surface area contributed by atoms with Gasteiger partial charge in [0.1, 0.15) is 11.9 Å². The number of fused-ring (bicyclic) bond motifs is 1. The molecule has 1 aromatic rings. The average Bonchev–Trinajstić information content (AvgIpc) is 3.28. The number of rotatable bonds is 3. The molecule has 1 saturated carbocycles. The molecular formula is C23H32FN7O. The number of piperazine rings is 1. The van der Waals surface area contributed by atoms with Crippen molar-refractivity contribution in [3.63, 3.8) is 0 Å². The first-order chi connectivity index (χ1) is 15.5. The van der Waals surface area contributed by atoms with Gasteiger partial charge in [-0.2, -0.15) is 5.26 Å². The van der Waals surface area contributed by atoms with Crippen molar-refractivity contribution in [1.29, 1.82) is 5.26 Å². The van der Waals surface area contributed by atoms with Crippen LogP contribution in [0.15, 0.2) is 17.1 Å². The maximum atomic E-state index is 14.2. The topological polar surface area (TPSA) is 95.8 Å². The van der Waals surface area contributed by atoms with Gasteiger partial charge < -0.3 is 20.9 Å². The van der Waals surface area contributed by atoms with Crippen molar-refractivity contribution >= 4 is 17.6 Å². The van der Waals surface area contributed by atoms with Crippen molar-refractivity contribution in [3.05, 3.63) is 29.1 Å². The predicted molar refractivity (Wildman–Crippen MR) is 122 cm³/mol. The summed E-state index contributed by atoms with van der Waals surface area (Å²) >= 11 is 0. The first-order valence-corrected chi connectivity index (χ1v) is 11.5. The first-order valence-electron chi connectivity index (χ1n) is 11.5. The van der Waals surface area contributed by atoms with Crippen LogP contribution in [0.25, 0.3) is 0 Å². The van der Waals surface area contributed by atoms with Crippen LogP contribution in [0.2, 0.25) is 0 Å². The molecule has 8 nitrogen and oxygen atoms in total. The Morgan fingerprint density at radius 2 is 2.06 bits per heavy atom. The number of aryl methyl sites for hydroxylation is 1. The van der Waals surface area contributed by atoms with Gasteiger partial charge in [0.05, 0.1) is 0 Å². The number of anilines is 1. The summed E-state index contributed by atoms with van der Waals surface area (Å²) in [6.07, 6.45) is 6.38. The molecule has 32 heavy (non-hydrogen) atoms. The van der Waals surface area contributed by atoms with Gasteiger partial charge in [0, 0.05) is 63.0 Å². The highest BCUT2D eigenvalue weighted by Gasteiger charge is 2.34. The molecule has 1 aliphatic carbocycles. The third-order valence-corrected chi connectivity index (χ3v) is 7.01. The zero-order valence-electron chi connectivity index (χ0n) is 18.8. The van der Waals surface area contributed by atoms with E-state index in [0.717, 1.165) is 63.1 Å². The highest BCUT2D eigenvalue weighted by atomic mass is 19.1. The van der Waals surface area contributed by atoms with E-state index in [1.165, 1.54) is 6.07 Å². The molecule has 0 bridgehead atoms. The lowest BCUT2D eigenvalue weighted by Crippen LogP contribution is -2.56. The van der Waals surface area contributed by atoms with Gasteiger partial charge in [0.15, 0.2) is 0 Å². The lowest BCUT2D eigenvalue weighted by molar-refractivity contribution is -0.122. The summed E-state index contributed by atoms with van der Waals surface area (Å²) in [6.45, 7) is 5.40. The van der Waals surface area contributed by atoms with Crippen LogP contribution >= 0.6 is 0 Å². The molecule has 4 rings (SSSR count). The van der Waals surface area contributed by atoms with Crippen molar-refractivity contribution < 1.29 is 9.18 Å². The van der Waals surface area contributed by atoms with Crippen LogP contribution in [0.3, 0.4) is 0 Å². The summed E-state index contributed by atoms with van der Waals surface area (Å²) in [7, 11) is 1.78. The second-order valence-corrected chi connectivity index (χ2v) is 8.95. The van der Waals surface area contributed by atoms with E-state index in [0.29, 0.717) is 24.0 Å². The number of carbonyl (C=O) groups excluding carboxylic acids is 1. The molecular weight excluding hydrogens is 409 g/mol. The summed E-state index contributed by atoms with van der Waals surface area (Å²) in [5.41, 5.74) is 2.35. The number of hydrogen-bond acceptors (Lipinski definition) is 5. The molecule has 9 heteroatoms. The molecule has 3 atom stereocenters. The van der Waals surface area contributed by atoms with E-state index < -0.39 is 6.04 Å². The zero-order valence-corrected chi connectivity index (χ0v) is 18.8. The number of hydrogen-bond donors (Lipinski definition) is 3. The van der Waals surface area contributed by atoms with E-state index in [1.807, 2.05) is 13.1 Å². The van der Waals surface area contributed by atoms with E-state index in [2.05, 4.69) is 30.7 Å². The summed E-state index contributed by atoms with van der Waals surface area (Å²) in [4.78, 5) is 21.4. The fourth-order valence-electron chi connectivity index (χ4n) is 5.29. The average molecular weight is 442 g/mol. The van der Waals surface area contributed by atoms with Crippen molar-refractivity contribution in [1.82, 2.24) is 20.4 Å². The van der Waals surface area contributed by atoms with Gasteiger partial charge in [0.25, 0.3) is 0 Å². The molecule has 1 saturated heterocycles. The van der Waals surface area contributed by atoms with Crippen molar-refractivity contribution in [2.75, 3.05) is 38.5 Å². The van der Waals surface area contributed by atoms with Gasteiger partial charge in [-0.15, -0.1) is 4.99 Å². The van der Waals surface area contributed by atoms with Crippen molar-refractivity contribution in [2.45, 2.75) is 57.2 Å². The van der Waals surface area contributed by atoms with E-state index in [1.54, 1.807) is 13.1 Å². The van der Waals surface area contributed by atoms with Gasteiger partial charge in [-0.1, -0.05) is 6.07 Å². The van der Waals surface area contributed by atoms with Crippen LogP contribution in [0.4, 0.5) is 10.1 Å². The van der Waals surface area contributed by atoms with Crippen LogP contribution in [-0.2, 0) is 11.2 Å². The van der Waals surface area contributed by atoms with Crippen LogP contribution in [-0.4, -0.2) is 73.0 Å². The smallest absolute Gasteiger partial charge is 0.243 e. The molecule has 0 radical (unpaired) electrons. The quantitative estimate of drug-likeness (QED) is 0.374. The van der Waals surface area contributed by atoms with Gasteiger partial charge >= 0.3 is 0 Å².